The van der Waals surface area contributed by atoms with Crippen molar-refractivity contribution in [3.63, 3.8) is 0 Å². The Bertz CT molecular complexity index is 366. The van der Waals surface area contributed by atoms with Gasteiger partial charge in [-0.3, -0.25) is 4.79 Å². The number of allylic oxidation sites excluding steroid dienone is 1. The highest BCUT2D eigenvalue weighted by molar-refractivity contribution is 5.81. The van der Waals surface area contributed by atoms with Crippen LogP contribution in [0.3, 0.4) is 0 Å². The molecule has 0 amide bonds. The summed E-state index contributed by atoms with van der Waals surface area (Å²) in [7, 11) is 0. The lowest BCUT2D eigenvalue weighted by atomic mass is 10.1. The van der Waals surface area contributed by atoms with E-state index in [0.29, 0.717) is 6.20 Å². The van der Waals surface area contributed by atoms with Gasteiger partial charge < -0.3 is 5.31 Å². The Morgan fingerprint density at radius 3 is 3.78 bits per heavy atom. The molecule has 1 aliphatic rings. The van der Waals surface area contributed by atoms with Gasteiger partial charge in [0, 0.05) is 5.48 Å². The molecule has 0 aromatic heterocycles. The number of Topliss-reactive ketones (excluding diaryl/α,β-unsaturated/α-hetero) is 1. The van der Waals surface area contributed by atoms with Gasteiger partial charge in [-0.05, 0) is 25.9 Å². The van der Waals surface area contributed by atoms with Crippen LogP contribution in [0.15, 0.2) is 12.3 Å². The lowest BCUT2D eigenvalue weighted by Gasteiger charge is -2.16. The summed E-state index contributed by atoms with van der Waals surface area (Å²) in [5, 5.41) is 0.193. The fourth-order valence-electron chi connectivity index (χ4n) is 0.436. The second-order valence-corrected chi connectivity index (χ2v) is 1.56. The number of carbonyl (C=O) groups excluding carboxylic acids is 1. The molecule has 2 heteroatoms. The van der Waals surface area contributed by atoms with E-state index in [0.717, 1.165) is 6.92 Å². The first-order valence-electron chi connectivity index (χ1n) is 5.92. The Kier molecular flexibility index (Phi) is 0.547. The molecule has 2 nitrogen and oxygen atoms in total. The van der Waals surface area contributed by atoms with Crippen molar-refractivity contribution in [3.8, 4) is 0 Å². The molecule has 1 heterocycles. The van der Waals surface area contributed by atoms with Crippen LogP contribution in [0.25, 0.3) is 0 Å². The third-order valence-corrected chi connectivity index (χ3v) is 0.845. The fraction of sp³-hybridized carbons (Fsp3) is 0.571. The van der Waals surface area contributed by atoms with E-state index in [1.807, 2.05) is 0 Å². The molecule has 50 valence electrons. The first-order valence-corrected chi connectivity index (χ1v) is 2.47. The van der Waals surface area contributed by atoms with Crippen LogP contribution in [0.5, 0.6) is 0 Å². The smallest absolute Gasteiger partial charge is 0.160 e. The number of rotatable bonds is 1. The number of carbonyl (C=O) groups is 1. The molecule has 1 atom stereocenters. The van der Waals surface area contributed by atoms with Crippen LogP contribution in [0, 0.1) is 0 Å². The predicted molar refractivity (Wildman–Crippen MR) is 36.0 cm³/mol. The third kappa shape index (κ3) is 1.56. The molecular weight excluding hydrogens is 114 g/mol. The summed E-state index contributed by atoms with van der Waals surface area (Å²) in [5.41, 5.74) is 0. The minimum absolute atomic E-state index is 0.193. The number of hydrogen-bond acceptors (Lipinski definition) is 2. The molecule has 0 saturated carbocycles. The molecule has 9 heavy (non-hydrogen) atoms. The van der Waals surface area contributed by atoms with Gasteiger partial charge in [0.1, 0.15) is 0 Å². The number of nitrogens with one attached hydrogen (secondary N) is 1. The van der Waals surface area contributed by atoms with E-state index in [2.05, 4.69) is 0 Å². The molecular formula is C7H11NO. The highest BCUT2D eigenvalue weighted by atomic mass is 16.1. The van der Waals surface area contributed by atoms with Gasteiger partial charge in [-0.2, -0.15) is 0 Å². The van der Waals surface area contributed by atoms with E-state index < -0.39 is 30.6 Å². The maximum absolute atomic E-state index is 11.3. The van der Waals surface area contributed by atoms with E-state index in [1.54, 1.807) is 0 Å². The standard InChI is InChI=1S/C7H11NO/c1-6(9)7-4-2-3-5-8-7/h3,5,7-8H,2,4H2,1H3/i2D2,3D,4D2,7D/hD. The summed E-state index contributed by atoms with van der Waals surface area (Å²) in [4.78, 5) is 11.3. The Balaban J connectivity index is 3.50. The van der Waals surface area contributed by atoms with Crippen molar-refractivity contribution >= 4 is 5.78 Å². The summed E-state index contributed by atoms with van der Waals surface area (Å²) in [6.07, 6.45) is -5.10. The van der Waals surface area contributed by atoms with E-state index >= 15 is 0 Å². The van der Waals surface area contributed by atoms with Crippen LogP contribution >= 0.6 is 0 Å². The molecule has 0 aromatic carbocycles. The van der Waals surface area contributed by atoms with E-state index in [1.165, 1.54) is 0 Å². The maximum atomic E-state index is 11.3. The van der Waals surface area contributed by atoms with Crippen LogP contribution in [0.4, 0.5) is 0 Å². The lowest BCUT2D eigenvalue weighted by Crippen LogP contribution is -2.33. The van der Waals surface area contributed by atoms with Crippen LogP contribution in [0.2, 0.25) is 1.41 Å². The quantitative estimate of drug-likeness (QED) is 0.573. The van der Waals surface area contributed by atoms with Gasteiger partial charge in [0.25, 0.3) is 0 Å². The van der Waals surface area contributed by atoms with Crippen molar-refractivity contribution in [1.29, 1.82) is 0 Å². The zero-order chi connectivity index (χ0) is 12.9. The molecule has 0 spiro atoms. The first-order chi connectivity index (χ1) is 6.99. The Hall–Kier alpha value is -0.790. The largest absolute Gasteiger partial charge is 0.381 e. The zero-order valence-corrected chi connectivity index (χ0v) is 4.93. The van der Waals surface area contributed by atoms with E-state index in [9.17, 15) is 4.79 Å². The Morgan fingerprint density at radius 1 is 2.33 bits per heavy atom. The normalized spacial score (nSPS) is 58.1. The minimum atomic E-state index is -2.97. The zero-order valence-electron chi connectivity index (χ0n) is 11.9. The van der Waals surface area contributed by atoms with Gasteiger partial charge in [0.2, 0.25) is 0 Å². The van der Waals surface area contributed by atoms with Crippen molar-refractivity contribution < 1.29 is 14.4 Å². The summed E-state index contributed by atoms with van der Waals surface area (Å²) in [5.74, 6) is -0.986. The molecule has 0 bridgehead atoms. The van der Waals surface area contributed by atoms with Crippen molar-refractivity contribution in [2.75, 3.05) is 0 Å². The van der Waals surface area contributed by atoms with Crippen molar-refractivity contribution in [2.24, 2.45) is 0 Å². The molecule has 0 aromatic rings. The minimum Gasteiger partial charge on any atom is -0.381 e. The fourth-order valence-corrected chi connectivity index (χ4v) is 0.436. The first kappa shape index (κ1) is 1.84. The predicted octanol–water partition coefficient (Wildman–Crippen LogP) is 0.841. The second kappa shape index (κ2) is 2.67. The summed E-state index contributed by atoms with van der Waals surface area (Å²) >= 11 is 0. The Morgan fingerprint density at radius 2 is 3.11 bits per heavy atom. The molecule has 0 aliphatic carbocycles. The van der Waals surface area contributed by atoms with Gasteiger partial charge in [-0.25, -0.2) is 0 Å². The molecule has 1 unspecified atom stereocenters. The molecule has 1 rings (SSSR count). The maximum Gasteiger partial charge on any atom is 0.160 e. The molecule has 0 fully saturated rings. The molecule has 1 N–H and O–H groups in total. The average Bonchev–Trinajstić information content (AvgIpc) is 2.13. The van der Waals surface area contributed by atoms with Crippen LogP contribution < -0.4 is 5.31 Å². The molecule has 0 saturated heterocycles. The van der Waals surface area contributed by atoms with Gasteiger partial charge in [-0.1, -0.05) is 6.05 Å². The van der Waals surface area contributed by atoms with Crippen molar-refractivity contribution in [3.05, 3.63) is 12.3 Å². The Labute approximate surface area is 64.8 Å². The van der Waals surface area contributed by atoms with Crippen LogP contribution in [-0.4, -0.2) is 11.8 Å². The van der Waals surface area contributed by atoms with Crippen molar-refractivity contribution in [2.45, 2.75) is 25.7 Å². The van der Waals surface area contributed by atoms with Gasteiger partial charge >= 0.3 is 0 Å². The third-order valence-electron chi connectivity index (χ3n) is 0.845. The SMILES string of the molecule is [2H]C1=CN([2H])C([2H])(C(C)=O)C([2H])([2H])C1([2H])[2H]. The van der Waals surface area contributed by atoms with E-state index in [-0.39, 0.29) is 5.31 Å². The average molecular weight is 132 g/mol. The van der Waals surface area contributed by atoms with E-state index in [4.69, 9.17) is 9.64 Å². The monoisotopic (exact) mass is 132 g/mol. The lowest BCUT2D eigenvalue weighted by molar-refractivity contribution is -0.118. The molecule has 0 radical (unpaired) electrons. The van der Waals surface area contributed by atoms with Gasteiger partial charge in [0.05, 0.1) is 8.76 Å². The highest BCUT2D eigenvalue weighted by Crippen LogP contribution is 2.03. The van der Waals surface area contributed by atoms with Gasteiger partial charge in [0.15, 0.2) is 7.20 Å². The number of hydrogen-bond donors (Lipinski definition) is 1. The van der Waals surface area contributed by atoms with Crippen molar-refractivity contribution in [1.82, 2.24) is 5.31 Å². The summed E-state index contributed by atoms with van der Waals surface area (Å²) < 4.78 is 52.2. The molecule has 1 aliphatic heterocycles. The van der Waals surface area contributed by atoms with Crippen LogP contribution in [0.1, 0.15) is 27.9 Å². The van der Waals surface area contributed by atoms with Gasteiger partial charge in [-0.15, -0.1) is 0 Å². The topological polar surface area (TPSA) is 29.1 Å². The highest BCUT2D eigenvalue weighted by Gasteiger charge is 2.12. The van der Waals surface area contributed by atoms with Crippen LogP contribution in [-0.2, 0) is 4.79 Å². The summed E-state index contributed by atoms with van der Waals surface area (Å²) in [6.45, 7) is 0.922. The summed E-state index contributed by atoms with van der Waals surface area (Å²) in [6, 6.07) is -3.45. The number of ketones is 1. The second-order valence-electron chi connectivity index (χ2n) is 1.56.